The van der Waals surface area contributed by atoms with Crippen molar-refractivity contribution in [2.75, 3.05) is 13.2 Å². The zero-order valence-electron chi connectivity index (χ0n) is 32.7. The lowest BCUT2D eigenvalue weighted by molar-refractivity contribution is -0.308. The van der Waals surface area contributed by atoms with Crippen LogP contribution in [0.1, 0.15) is 106 Å². The molecule has 7 rings (SSSR count). The molecule has 0 aromatic heterocycles. The van der Waals surface area contributed by atoms with Crippen molar-refractivity contribution in [1.29, 1.82) is 0 Å². The Labute approximate surface area is 314 Å². The topological polar surface area (TPSA) is 196 Å². The highest BCUT2D eigenvalue weighted by Gasteiger charge is 2.70. The molecule has 0 radical (unpaired) electrons. The van der Waals surface area contributed by atoms with Crippen molar-refractivity contribution < 1.29 is 59.5 Å². The Kier molecular flexibility index (Phi) is 10.4. The van der Waals surface area contributed by atoms with Crippen LogP contribution in [0.3, 0.4) is 0 Å². The summed E-state index contributed by atoms with van der Waals surface area (Å²) in [5, 5.41) is 72.3. The molecule has 0 amide bonds. The minimum atomic E-state index is -1.64. The van der Waals surface area contributed by atoms with Crippen molar-refractivity contribution in [1.82, 2.24) is 0 Å². The maximum Gasteiger partial charge on any atom is 0.315 e. The van der Waals surface area contributed by atoms with E-state index in [0.717, 1.165) is 44.9 Å². The predicted molar refractivity (Wildman–Crippen MR) is 191 cm³/mol. The number of aliphatic hydroxyl groups excluding tert-OH is 7. The number of aliphatic hydroxyl groups is 7. The van der Waals surface area contributed by atoms with E-state index < -0.39 is 73.3 Å². The molecule has 12 nitrogen and oxygen atoms in total. The molecule has 4 saturated carbocycles. The molecule has 0 aromatic rings. The molecular formula is C41H66O12. The van der Waals surface area contributed by atoms with E-state index in [1.165, 1.54) is 5.57 Å². The van der Waals surface area contributed by atoms with Gasteiger partial charge >= 0.3 is 5.97 Å². The van der Waals surface area contributed by atoms with Gasteiger partial charge in [0.15, 0.2) is 6.29 Å². The summed E-state index contributed by atoms with van der Waals surface area (Å²) < 4.78 is 23.8. The SMILES string of the molecule is C[C@H]1[C@H](C)CC[C@]2(C(=O)O[C@@H]3O[C@H](CO)[C@@H](O)[C@H](O)[C@H]3O)CC[C@]3(C)C(=CC[C@@H]4[C@@]5(C)CC[C@H](O[C@@H]6OC[C@H](O)[C@H](O)[C@H]6O)C(C)(C)C5CC[C@]43C)[C@H]12. The molecule has 5 aliphatic carbocycles. The van der Waals surface area contributed by atoms with Crippen LogP contribution in [0.4, 0.5) is 0 Å². The van der Waals surface area contributed by atoms with Gasteiger partial charge < -0.3 is 54.7 Å². The number of fused-ring (bicyclic) bond motifs is 7. The van der Waals surface area contributed by atoms with Gasteiger partial charge in [-0.1, -0.05) is 60.1 Å². The summed E-state index contributed by atoms with van der Waals surface area (Å²) in [4.78, 5) is 14.6. The maximum atomic E-state index is 14.6. The second-order valence-electron chi connectivity index (χ2n) is 19.6. The number of rotatable bonds is 5. The van der Waals surface area contributed by atoms with E-state index in [1.54, 1.807) is 0 Å². The van der Waals surface area contributed by atoms with Crippen LogP contribution < -0.4 is 0 Å². The molecule has 2 aliphatic heterocycles. The van der Waals surface area contributed by atoms with Crippen LogP contribution in [0.15, 0.2) is 11.6 Å². The summed E-state index contributed by atoms with van der Waals surface area (Å²) in [6, 6.07) is 0. The first kappa shape index (κ1) is 40.0. The molecule has 19 atom stereocenters. The summed E-state index contributed by atoms with van der Waals surface area (Å²) in [6.45, 7) is 15.8. The Balaban J connectivity index is 1.17. The van der Waals surface area contributed by atoms with Gasteiger partial charge in [0.25, 0.3) is 0 Å². The zero-order chi connectivity index (χ0) is 38.6. The number of hydrogen-bond donors (Lipinski definition) is 7. The fourth-order valence-corrected chi connectivity index (χ4v) is 13.5. The number of ether oxygens (including phenoxy) is 4. The van der Waals surface area contributed by atoms with Crippen molar-refractivity contribution in [2.45, 2.75) is 168 Å². The summed E-state index contributed by atoms with van der Waals surface area (Å²) in [7, 11) is 0. The highest BCUT2D eigenvalue weighted by Crippen LogP contribution is 2.76. The fourth-order valence-electron chi connectivity index (χ4n) is 13.5. The Morgan fingerprint density at radius 2 is 1.51 bits per heavy atom. The van der Waals surface area contributed by atoms with Crippen molar-refractivity contribution in [3.8, 4) is 0 Å². The quantitative estimate of drug-likeness (QED) is 0.124. The average Bonchev–Trinajstić information content (AvgIpc) is 3.11. The summed E-state index contributed by atoms with van der Waals surface area (Å²) in [5.41, 5.74) is 0.0874. The van der Waals surface area contributed by atoms with Gasteiger partial charge in [-0.15, -0.1) is 0 Å². The van der Waals surface area contributed by atoms with Crippen molar-refractivity contribution in [2.24, 2.45) is 56.7 Å². The predicted octanol–water partition coefficient (Wildman–Crippen LogP) is 2.81. The molecule has 0 spiro atoms. The molecule has 6 fully saturated rings. The van der Waals surface area contributed by atoms with Crippen LogP contribution in [0.25, 0.3) is 0 Å². The van der Waals surface area contributed by atoms with E-state index in [1.807, 2.05) is 0 Å². The Morgan fingerprint density at radius 1 is 0.811 bits per heavy atom. The second kappa shape index (κ2) is 13.7. The molecule has 2 heterocycles. The number of allylic oxidation sites excluding steroid dienone is 2. The van der Waals surface area contributed by atoms with Gasteiger partial charge in [0.1, 0.15) is 42.7 Å². The first-order valence-corrected chi connectivity index (χ1v) is 20.3. The Bertz CT molecular complexity index is 1420. The van der Waals surface area contributed by atoms with Crippen molar-refractivity contribution >= 4 is 5.97 Å². The van der Waals surface area contributed by atoms with Gasteiger partial charge in [0.2, 0.25) is 6.29 Å². The molecule has 0 bridgehead atoms. The van der Waals surface area contributed by atoms with Gasteiger partial charge in [0.05, 0.1) is 24.7 Å². The third-order valence-electron chi connectivity index (χ3n) is 17.2. The summed E-state index contributed by atoms with van der Waals surface area (Å²) in [6.07, 6.45) is -2.31. The lowest BCUT2D eigenvalue weighted by Gasteiger charge is -2.71. The van der Waals surface area contributed by atoms with Crippen molar-refractivity contribution in [3.63, 3.8) is 0 Å². The summed E-state index contributed by atoms with van der Waals surface area (Å²) >= 11 is 0. The van der Waals surface area contributed by atoms with Crippen LogP contribution >= 0.6 is 0 Å². The molecule has 7 aliphatic rings. The normalized spacial score (nSPS) is 55.1. The third kappa shape index (κ3) is 5.77. The van der Waals surface area contributed by atoms with Crippen LogP contribution in [0.2, 0.25) is 0 Å². The van der Waals surface area contributed by atoms with Crippen LogP contribution in [-0.4, -0.2) is 116 Å². The highest BCUT2D eigenvalue weighted by atomic mass is 16.7. The van der Waals surface area contributed by atoms with Gasteiger partial charge in [-0.3, -0.25) is 4.79 Å². The van der Waals surface area contributed by atoms with Crippen molar-refractivity contribution in [3.05, 3.63) is 11.6 Å². The van der Waals surface area contributed by atoms with E-state index in [4.69, 9.17) is 18.9 Å². The van der Waals surface area contributed by atoms with E-state index in [0.29, 0.717) is 30.6 Å². The molecule has 0 aromatic carbocycles. The van der Waals surface area contributed by atoms with E-state index in [2.05, 4.69) is 54.5 Å². The standard InChI is InChI=1S/C41H66O12/c1-20-10-15-41(36(49)53-35-33(48)31(46)30(45)24(18-42)51-35)17-16-39(6)22(28(41)21(20)2)8-9-26-38(5)13-12-27(37(3,4)25(38)11-14-40(26,39)7)52-34-32(47)29(44)23(43)19-50-34/h8,20-21,23-35,42-48H,9-19H2,1-7H3/t20-,21+,23+,24-,25?,26-,27+,28+,29+,30-,31+,32-,33-,34+,35+,38+,39-,40-,41+/m1/s1. The molecular weight excluding hydrogens is 684 g/mol. The van der Waals surface area contributed by atoms with Crippen LogP contribution in [0, 0.1) is 56.7 Å². The third-order valence-corrected chi connectivity index (χ3v) is 17.2. The maximum absolute atomic E-state index is 14.6. The zero-order valence-corrected chi connectivity index (χ0v) is 32.7. The molecule has 1 unspecified atom stereocenters. The molecule has 53 heavy (non-hydrogen) atoms. The number of carbonyl (C=O) groups excluding carboxylic acids is 1. The van der Waals surface area contributed by atoms with Gasteiger partial charge in [-0.05, 0) is 109 Å². The molecule has 2 saturated heterocycles. The number of hydrogen-bond acceptors (Lipinski definition) is 12. The van der Waals surface area contributed by atoms with Crippen LogP contribution in [0.5, 0.6) is 0 Å². The van der Waals surface area contributed by atoms with Crippen LogP contribution in [-0.2, 0) is 23.7 Å². The van der Waals surface area contributed by atoms with E-state index >= 15 is 0 Å². The number of carbonyl (C=O) groups is 1. The van der Waals surface area contributed by atoms with E-state index in [9.17, 15) is 40.5 Å². The van der Waals surface area contributed by atoms with Gasteiger partial charge in [-0.25, -0.2) is 0 Å². The molecule has 302 valence electrons. The van der Waals surface area contributed by atoms with Gasteiger partial charge in [0, 0.05) is 0 Å². The first-order valence-electron chi connectivity index (χ1n) is 20.3. The van der Waals surface area contributed by atoms with E-state index in [-0.39, 0.29) is 46.2 Å². The lowest BCUT2D eigenvalue weighted by Crippen LogP contribution is -2.66. The second-order valence-corrected chi connectivity index (χ2v) is 19.6. The van der Waals surface area contributed by atoms with Gasteiger partial charge in [-0.2, -0.15) is 0 Å². The molecule has 12 heteroatoms. The molecule has 7 N–H and O–H groups in total. The number of esters is 1. The minimum absolute atomic E-state index is 0.00515. The lowest BCUT2D eigenvalue weighted by atomic mass is 9.33. The fraction of sp³-hybridized carbons (Fsp3) is 0.927. The highest BCUT2D eigenvalue weighted by molar-refractivity contribution is 5.79. The smallest absolute Gasteiger partial charge is 0.315 e. The minimum Gasteiger partial charge on any atom is -0.432 e. The summed E-state index contributed by atoms with van der Waals surface area (Å²) in [5.74, 6) is 0.815. The monoisotopic (exact) mass is 750 g/mol. The average molecular weight is 751 g/mol. The largest absolute Gasteiger partial charge is 0.432 e. The first-order chi connectivity index (χ1) is 24.8. The Morgan fingerprint density at radius 3 is 2.21 bits per heavy atom. The Hall–Kier alpha value is -1.19.